The summed E-state index contributed by atoms with van der Waals surface area (Å²) in [5.41, 5.74) is 3.75. The van der Waals surface area contributed by atoms with Crippen LogP contribution in [0.1, 0.15) is 88.1 Å². The summed E-state index contributed by atoms with van der Waals surface area (Å²) >= 11 is 0. The number of amides is 1. The third-order valence-electron chi connectivity index (χ3n) is 8.42. The van der Waals surface area contributed by atoms with E-state index in [1.165, 1.54) is 0 Å². The second kappa shape index (κ2) is 12.6. The molecule has 3 aromatic rings. The van der Waals surface area contributed by atoms with Crippen LogP contribution in [0, 0.1) is 13.8 Å². The minimum Gasteiger partial charge on any atom is -0.374 e. The van der Waals surface area contributed by atoms with Gasteiger partial charge in [0, 0.05) is 17.5 Å². The van der Waals surface area contributed by atoms with Crippen molar-refractivity contribution in [2.24, 2.45) is 4.99 Å². The number of anilines is 1. The van der Waals surface area contributed by atoms with E-state index in [1.54, 1.807) is 32.0 Å². The zero-order chi connectivity index (χ0) is 30.8. The monoisotopic (exact) mass is 606 g/mol. The van der Waals surface area contributed by atoms with Crippen LogP contribution in [0.5, 0.6) is 0 Å². The number of carbonyl (C=O) groups excluding carboxylic acids is 1. The molecule has 10 heteroatoms. The Kier molecular flexibility index (Phi) is 9.08. The number of amidine groups is 1. The average Bonchev–Trinajstić information content (AvgIpc) is 3.66. The van der Waals surface area contributed by atoms with E-state index in [0.29, 0.717) is 23.4 Å². The van der Waals surface area contributed by atoms with Crippen LogP contribution in [0.25, 0.3) is 11.1 Å². The first kappa shape index (κ1) is 30.9. The van der Waals surface area contributed by atoms with Crippen molar-refractivity contribution >= 4 is 27.7 Å². The molecular formula is C33H42N4O5S. The molecule has 1 amide bonds. The molecule has 0 atom stereocenters. The first-order valence-electron chi connectivity index (χ1n) is 15.2. The van der Waals surface area contributed by atoms with Gasteiger partial charge in [-0.25, -0.2) is 13.1 Å². The van der Waals surface area contributed by atoms with Crippen molar-refractivity contribution in [3.63, 3.8) is 0 Å². The molecule has 1 aliphatic carbocycles. The topological polar surface area (TPSA) is 114 Å². The Morgan fingerprint density at radius 3 is 2.51 bits per heavy atom. The zero-order valence-corrected chi connectivity index (χ0v) is 26.6. The summed E-state index contributed by atoms with van der Waals surface area (Å²) in [5, 5.41) is 3.88. The molecule has 1 N–H and O–H groups in total. The molecule has 0 saturated heterocycles. The Hall–Kier alpha value is -3.50. The van der Waals surface area contributed by atoms with E-state index < -0.39 is 15.6 Å². The molecule has 2 aromatic carbocycles. The Bertz CT molecular complexity index is 1620. The van der Waals surface area contributed by atoms with Crippen molar-refractivity contribution in [2.45, 2.75) is 109 Å². The number of benzene rings is 2. The number of ether oxygens (including phenoxy) is 1. The molecule has 0 radical (unpaired) electrons. The summed E-state index contributed by atoms with van der Waals surface area (Å²) < 4.78 is 41.1. The number of nitrogens with one attached hydrogen (secondary N) is 1. The quantitative estimate of drug-likeness (QED) is 0.239. The second-order valence-electron chi connectivity index (χ2n) is 11.9. The van der Waals surface area contributed by atoms with Gasteiger partial charge in [-0.3, -0.25) is 14.7 Å². The van der Waals surface area contributed by atoms with Gasteiger partial charge in [-0.15, -0.1) is 0 Å². The Labute approximate surface area is 254 Å². The Morgan fingerprint density at radius 1 is 1.09 bits per heavy atom. The van der Waals surface area contributed by atoms with Crippen LogP contribution in [0.4, 0.5) is 5.88 Å². The fraction of sp³-hybridized carbons (Fsp3) is 0.485. The summed E-state index contributed by atoms with van der Waals surface area (Å²) in [5.74, 6) is 1.10. The highest BCUT2D eigenvalue weighted by atomic mass is 32.2. The van der Waals surface area contributed by atoms with Crippen molar-refractivity contribution < 1.29 is 22.5 Å². The van der Waals surface area contributed by atoms with Gasteiger partial charge in [0.15, 0.2) is 0 Å². The number of unbranched alkanes of at least 4 members (excludes halogenated alkanes) is 1. The molecule has 1 aliphatic heterocycles. The summed E-state index contributed by atoms with van der Waals surface area (Å²) in [4.78, 5) is 20.8. The molecule has 5 rings (SSSR count). The van der Waals surface area contributed by atoms with E-state index in [0.717, 1.165) is 67.5 Å². The van der Waals surface area contributed by atoms with Gasteiger partial charge >= 0.3 is 0 Å². The highest BCUT2D eigenvalue weighted by Gasteiger charge is 2.49. The molecule has 2 aliphatic rings. The smallest absolute Gasteiger partial charge is 0.264 e. The lowest BCUT2D eigenvalue weighted by molar-refractivity contribution is -0.131. The third kappa shape index (κ3) is 6.40. The maximum atomic E-state index is 13.7. The number of carbonyl (C=O) groups is 1. The fourth-order valence-corrected chi connectivity index (χ4v) is 7.15. The standard InChI is InChI=1S/C33H42N4O5S/c1-6-7-14-30-34-33(17-10-11-18-33)32(38)37(30)20-25-15-16-27(26(19-25)21-41-22(2)3)28-12-8-9-13-29(28)43(39,40)36-31-23(4)24(5)35-42-31/h8-9,12-13,15-16,19,22,36H,6-7,10-11,14,17-18,20-21H2,1-5H3. The Morgan fingerprint density at radius 2 is 1.84 bits per heavy atom. The Balaban J connectivity index is 1.50. The molecule has 43 heavy (non-hydrogen) atoms. The molecule has 1 fully saturated rings. The van der Waals surface area contributed by atoms with Gasteiger partial charge < -0.3 is 9.26 Å². The van der Waals surface area contributed by atoms with E-state index in [4.69, 9.17) is 14.3 Å². The van der Waals surface area contributed by atoms with Crippen molar-refractivity contribution in [1.82, 2.24) is 10.1 Å². The molecular weight excluding hydrogens is 564 g/mol. The van der Waals surface area contributed by atoms with Gasteiger partial charge in [-0.1, -0.05) is 67.7 Å². The average molecular weight is 607 g/mol. The van der Waals surface area contributed by atoms with E-state index >= 15 is 0 Å². The highest BCUT2D eigenvalue weighted by molar-refractivity contribution is 7.92. The molecule has 1 spiro atoms. The van der Waals surface area contributed by atoms with Gasteiger partial charge in [0.1, 0.15) is 11.4 Å². The predicted octanol–water partition coefficient (Wildman–Crippen LogP) is 6.93. The van der Waals surface area contributed by atoms with Crippen molar-refractivity contribution in [2.75, 3.05) is 4.72 Å². The molecule has 1 saturated carbocycles. The minimum atomic E-state index is -4.01. The molecule has 0 bridgehead atoms. The van der Waals surface area contributed by atoms with E-state index in [-0.39, 0.29) is 29.4 Å². The molecule has 9 nitrogen and oxygen atoms in total. The maximum absolute atomic E-state index is 13.7. The minimum absolute atomic E-state index is 0.0232. The lowest BCUT2D eigenvalue weighted by atomic mass is 9.96. The number of aromatic nitrogens is 1. The summed E-state index contributed by atoms with van der Waals surface area (Å²) in [6.45, 7) is 10.3. The highest BCUT2D eigenvalue weighted by Crippen LogP contribution is 2.40. The van der Waals surface area contributed by atoms with Gasteiger partial charge in [0.25, 0.3) is 15.9 Å². The van der Waals surface area contributed by atoms with E-state index in [2.05, 4.69) is 16.8 Å². The zero-order valence-electron chi connectivity index (χ0n) is 25.8. The lowest BCUT2D eigenvalue weighted by Crippen LogP contribution is -2.40. The number of sulfonamides is 1. The number of nitrogens with zero attached hydrogens (tertiary/aromatic N) is 3. The fourth-order valence-electron chi connectivity index (χ4n) is 5.88. The number of aliphatic imine (C=N–C) groups is 1. The van der Waals surface area contributed by atoms with Crippen molar-refractivity contribution in [1.29, 1.82) is 0 Å². The number of rotatable bonds is 12. The van der Waals surface area contributed by atoms with Crippen LogP contribution < -0.4 is 4.72 Å². The predicted molar refractivity (Wildman–Crippen MR) is 167 cm³/mol. The summed E-state index contributed by atoms with van der Waals surface area (Å²) in [6, 6.07) is 12.8. The molecule has 0 unspecified atom stereocenters. The van der Waals surface area contributed by atoms with Gasteiger partial charge in [-0.05, 0) is 69.7 Å². The van der Waals surface area contributed by atoms with Gasteiger partial charge in [0.2, 0.25) is 5.88 Å². The first-order valence-corrected chi connectivity index (χ1v) is 16.7. The van der Waals surface area contributed by atoms with Crippen LogP contribution in [-0.4, -0.2) is 41.9 Å². The van der Waals surface area contributed by atoms with Crippen LogP contribution in [0.15, 0.2) is 56.9 Å². The summed E-state index contributed by atoms with van der Waals surface area (Å²) in [7, 11) is -4.01. The normalized spacial score (nSPS) is 16.5. The number of aryl methyl sites for hydroxylation is 1. The van der Waals surface area contributed by atoms with Crippen molar-refractivity contribution in [3.05, 3.63) is 64.8 Å². The number of hydrogen-bond donors (Lipinski definition) is 1. The summed E-state index contributed by atoms with van der Waals surface area (Å²) in [6.07, 6.45) is 6.47. The van der Waals surface area contributed by atoms with Crippen molar-refractivity contribution in [3.8, 4) is 11.1 Å². The second-order valence-corrected chi connectivity index (χ2v) is 13.6. The third-order valence-corrected chi connectivity index (χ3v) is 9.81. The van der Waals surface area contributed by atoms with Crippen LogP contribution in [0.2, 0.25) is 0 Å². The SMILES string of the molecule is CCCCC1=NC2(CCCC2)C(=O)N1Cc1ccc(-c2ccccc2S(=O)(=O)Nc2onc(C)c2C)c(COC(C)C)c1. The van der Waals surface area contributed by atoms with E-state index in [9.17, 15) is 13.2 Å². The number of hydrogen-bond acceptors (Lipinski definition) is 7. The van der Waals surface area contributed by atoms with E-state index in [1.807, 2.05) is 43.0 Å². The van der Waals surface area contributed by atoms with Crippen LogP contribution >= 0.6 is 0 Å². The lowest BCUT2D eigenvalue weighted by Gasteiger charge is -2.23. The van der Waals surface area contributed by atoms with Crippen LogP contribution in [0.3, 0.4) is 0 Å². The maximum Gasteiger partial charge on any atom is 0.264 e. The molecule has 2 heterocycles. The molecule has 230 valence electrons. The van der Waals surface area contributed by atoms with Crippen LogP contribution in [-0.2, 0) is 32.7 Å². The largest absolute Gasteiger partial charge is 0.374 e. The molecule has 1 aromatic heterocycles. The van der Waals surface area contributed by atoms with Gasteiger partial charge in [0.05, 0.1) is 29.8 Å². The van der Waals surface area contributed by atoms with Gasteiger partial charge in [-0.2, -0.15) is 0 Å². The first-order chi connectivity index (χ1) is 20.5.